The Labute approximate surface area is 386 Å². The monoisotopic (exact) mass is 911 g/mol. The summed E-state index contributed by atoms with van der Waals surface area (Å²) in [5.74, 6) is -0.615. The molecule has 11 atom stereocenters. The molecular weight excluding hydrogens is 829 g/mol. The van der Waals surface area contributed by atoms with Crippen molar-refractivity contribution in [1.29, 1.82) is 0 Å². The van der Waals surface area contributed by atoms with E-state index in [9.17, 15) is 14.4 Å². The normalized spacial score (nSPS) is 28.8. The van der Waals surface area contributed by atoms with Crippen molar-refractivity contribution in [3.8, 4) is 0 Å². The van der Waals surface area contributed by atoms with Crippen LogP contribution < -0.4 is 0 Å². The van der Waals surface area contributed by atoms with Gasteiger partial charge >= 0.3 is 18.0 Å². The lowest BCUT2D eigenvalue weighted by Crippen LogP contribution is -2.52. The number of amides is 1. The molecule has 360 valence electrons. The van der Waals surface area contributed by atoms with Crippen molar-refractivity contribution in [3.05, 3.63) is 71.8 Å². The number of benzene rings is 1. The van der Waals surface area contributed by atoms with Crippen LogP contribution in [-0.4, -0.2) is 124 Å². The molecule has 0 bridgehead atoms. The molecule has 0 spiro atoms. The van der Waals surface area contributed by atoms with E-state index < -0.39 is 38.5 Å². The van der Waals surface area contributed by atoms with E-state index in [0.717, 1.165) is 43.2 Å². The van der Waals surface area contributed by atoms with Gasteiger partial charge in [-0.3, -0.25) is 4.79 Å². The molecule has 0 aliphatic carbocycles. The number of carbonyl (C=O) groups excluding carboxylic acids is 3. The fourth-order valence-electron chi connectivity index (χ4n) is 9.13. The van der Waals surface area contributed by atoms with Gasteiger partial charge < -0.3 is 42.6 Å². The first-order chi connectivity index (χ1) is 30.5. The first-order valence-corrected chi connectivity index (χ1v) is 26.8. The summed E-state index contributed by atoms with van der Waals surface area (Å²) in [6.07, 6.45) is 9.90. The topological polar surface area (TPSA) is 126 Å². The molecule has 4 rings (SSSR count). The van der Waals surface area contributed by atoms with Crippen molar-refractivity contribution in [2.45, 2.75) is 175 Å². The van der Waals surface area contributed by atoms with Crippen molar-refractivity contribution in [2.24, 2.45) is 17.8 Å². The lowest BCUT2D eigenvalue weighted by molar-refractivity contribution is -0.222. The van der Waals surface area contributed by atoms with E-state index in [1.807, 2.05) is 84.0 Å². The highest BCUT2D eigenvalue weighted by atomic mass is 28.4. The number of piperazine rings is 1. The van der Waals surface area contributed by atoms with Gasteiger partial charge in [0.15, 0.2) is 20.7 Å². The van der Waals surface area contributed by atoms with E-state index >= 15 is 0 Å². The van der Waals surface area contributed by atoms with Crippen LogP contribution in [0.4, 0.5) is 4.79 Å². The highest BCUT2D eigenvalue weighted by molar-refractivity contribution is 6.73. The van der Waals surface area contributed by atoms with Crippen LogP contribution in [0.2, 0.25) is 18.1 Å². The number of hydrogen-bond donors (Lipinski definition) is 0. The number of nitrogens with zero attached hydrogens (tertiary/aromatic N) is 2. The summed E-state index contributed by atoms with van der Waals surface area (Å²) in [5.41, 5.74) is 0.435. The summed E-state index contributed by atoms with van der Waals surface area (Å²) in [6.45, 7) is 25.8. The minimum Gasteiger partial charge on any atom is -0.458 e. The molecule has 1 amide bonds. The zero-order valence-electron chi connectivity index (χ0n) is 41.2. The van der Waals surface area contributed by atoms with Crippen LogP contribution in [0.1, 0.15) is 119 Å². The van der Waals surface area contributed by atoms with E-state index in [2.05, 4.69) is 52.6 Å². The molecule has 1 aromatic rings. The van der Waals surface area contributed by atoms with E-state index in [1.54, 1.807) is 17.0 Å². The molecule has 0 aromatic heterocycles. The Hall–Kier alpha value is -3.33. The third kappa shape index (κ3) is 15.6. The van der Waals surface area contributed by atoms with E-state index in [4.69, 9.17) is 32.8 Å². The summed E-state index contributed by atoms with van der Waals surface area (Å²) in [7, 11) is -0.0915. The number of allylic oxidation sites excluding steroid dienone is 3. The molecule has 12 nitrogen and oxygen atoms in total. The first kappa shape index (κ1) is 53.3. The number of cyclic esters (lactones) is 1. The zero-order valence-corrected chi connectivity index (χ0v) is 42.2. The summed E-state index contributed by atoms with van der Waals surface area (Å²) < 4.78 is 44.6. The van der Waals surface area contributed by atoms with Crippen molar-refractivity contribution in [1.82, 2.24) is 9.80 Å². The Bertz CT molecular complexity index is 1690. The average molecular weight is 911 g/mol. The lowest BCUT2D eigenvalue weighted by atomic mass is 9.88. The first-order valence-electron chi connectivity index (χ1n) is 24.3. The molecule has 3 aliphatic heterocycles. The van der Waals surface area contributed by atoms with Crippen molar-refractivity contribution >= 4 is 26.3 Å². The van der Waals surface area contributed by atoms with Crippen molar-refractivity contribution < 1.29 is 47.2 Å². The highest BCUT2D eigenvalue weighted by Gasteiger charge is 2.47. The van der Waals surface area contributed by atoms with Gasteiger partial charge in [0.05, 0.1) is 30.3 Å². The number of epoxide rings is 1. The molecule has 2 fully saturated rings. The van der Waals surface area contributed by atoms with Gasteiger partial charge in [0, 0.05) is 44.6 Å². The molecule has 64 heavy (non-hydrogen) atoms. The Kier molecular flexibility index (Phi) is 21.3. The second kappa shape index (κ2) is 25.5. The molecule has 2 saturated heterocycles. The molecule has 0 saturated carbocycles. The number of esters is 2. The number of carbonyl (C=O) groups is 3. The minimum absolute atomic E-state index is 0.0248. The molecule has 0 N–H and O–H groups in total. The summed E-state index contributed by atoms with van der Waals surface area (Å²) in [4.78, 5) is 44.7. The van der Waals surface area contributed by atoms with Gasteiger partial charge in [-0.15, -0.1) is 0 Å². The molecule has 3 aliphatic rings. The minimum atomic E-state index is -2.15. The number of likely N-dealkylation sites (N-methyl/N-ethyl adjacent to an activating group) is 1. The largest absolute Gasteiger partial charge is 0.458 e. The molecule has 0 radical (unpaired) electrons. The van der Waals surface area contributed by atoms with E-state index in [-0.39, 0.29) is 60.5 Å². The third-order valence-corrected chi connectivity index (χ3v) is 18.4. The van der Waals surface area contributed by atoms with Crippen LogP contribution in [0.15, 0.2) is 66.3 Å². The fourth-order valence-corrected chi connectivity index (χ4v) is 12.0. The smallest absolute Gasteiger partial charge is 0.410 e. The summed E-state index contributed by atoms with van der Waals surface area (Å²) in [5, 5.41) is 0. The Morgan fingerprint density at radius 2 is 1.66 bits per heavy atom. The maximum absolute atomic E-state index is 14.0. The Balaban J connectivity index is 1.56. The van der Waals surface area contributed by atoms with Crippen LogP contribution in [-0.2, 0) is 37.6 Å². The molecule has 13 heteroatoms. The van der Waals surface area contributed by atoms with Gasteiger partial charge in [0.25, 0.3) is 0 Å². The predicted octanol–water partition coefficient (Wildman–Crippen LogP) is 10.1. The number of ether oxygens (including phenoxy) is 6. The summed E-state index contributed by atoms with van der Waals surface area (Å²) >= 11 is 0. The third-order valence-electron chi connectivity index (χ3n) is 13.7. The maximum Gasteiger partial charge on any atom is 0.410 e. The average Bonchev–Trinajstić information content (AvgIpc) is 4.05. The second-order valence-corrected chi connectivity index (χ2v) is 23.4. The highest BCUT2D eigenvalue weighted by Crippen LogP contribution is 2.38. The Morgan fingerprint density at radius 3 is 2.28 bits per heavy atom. The quantitative estimate of drug-likeness (QED) is 0.0236. The summed E-state index contributed by atoms with van der Waals surface area (Å²) in [6, 6.07) is 11.9. The molecule has 1 aromatic carbocycles. The predicted molar refractivity (Wildman–Crippen MR) is 254 cm³/mol. The van der Waals surface area contributed by atoms with Gasteiger partial charge in [0.2, 0.25) is 0 Å². The molecule has 11 unspecified atom stereocenters. The van der Waals surface area contributed by atoms with Crippen LogP contribution >= 0.6 is 0 Å². The van der Waals surface area contributed by atoms with Crippen LogP contribution in [0.5, 0.6) is 0 Å². The SMILES string of the molecule is CCOC(C)OC1(C)CCC(O[Si](CC)(CC)CC)CC(=O)OC(/C(C)=C/C=C/C(C)CC2OC2C(C)C(CC)OC(=O)c2ccccc2)C(C)/C=C\C1OC(=O)N1CCN(C)CC1. The lowest BCUT2D eigenvalue weighted by Gasteiger charge is -2.41. The van der Waals surface area contributed by atoms with Gasteiger partial charge in [-0.1, -0.05) is 91.0 Å². The fraction of sp³-hybridized carbons (Fsp3) is 0.706. The zero-order chi connectivity index (χ0) is 47.0. The van der Waals surface area contributed by atoms with Gasteiger partial charge in [-0.2, -0.15) is 0 Å². The van der Waals surface area contributed by atoms with Crippen LogP contribution in [0.25, 0.3) is 0 Å². The van der Waals surface area contributed by atoms with Crippen molar-refractivity contribution in [2.75, 3.05) is 39.8 Å². The second-order valence-electron chi connectivity index (χ2n) is 18.7. The van der Waals surface area contributed by atoms with Crippen molar-refractivity contribution in [3.63, 3.8) is 0 Å². The maximum atomic E-state index is 14.0. The van der Waals surface area contributed by atoms with Crippen LogP contribution in [0, 0.1) is 17.8 Å². The number of hydrogen-bond acceptors (Lipinski definition) is 11. The van der Waals surface area contributed by atoms with E-state index in [1.165, 1.54) is 0 Å². The molecular formula is C51H82N2O10Si. The van der Waals surface area contributed by atoms with Gasteiger partial charge in [0.1, 0.15) is 17.8 Å². The molecule has 3 heterocycles. The van der Waals surface area contributed by atoms with Gasteiger partial charge in [-0.25, -0.2) is 9.59 Å². The van der Waals surface area contributed by atoms with E-state index in [0.29, 0.717) is 44.5 Å². The number of rotatable bonds is 20. The van der Waals surface area contributed by atoms with Crippen LogP contribution in [0.3, 0.4) is 0 Å². The van der Waals surface area contributed by atoms with Gasteiger partial charge in [-0.05, 0) is 108 Å². The Morgan fingerprint density at radius 1 is 0.984 bits per heavy atom. The standard InChI is InChI=1S/C51H82N2O10Si/c1-13-43(59-49(55)41-24-19-18-20-25-41)39(9)48-44(58-48)34-36(6)22-21-23-37(7)47-38(8)26-27-45(60-50(56)53-32-30-52(12)31-33-53)51(11,62-40(10)57-14-2)29-28-42(35-46(54)61-47)63-64(15-3,16-4)17-5/h18-27,36,38-40,42-45,47-48H,13-17,28-35H2,1-12H3/b22-21+,27-26-,37-23+.